The quantitative estimate of drug-likeness (QED) is 0.839. The minimum Gasteiger partial charge on any atom is -0.476 e. The van der Waals surface area contributed by atoms with Gasteiger partial charge in [0.1, 0.15) is 6.33 Å². The number of nitrogens with zero attached hydrogens (tertiary/aromatic N) is 3. The van der Waals surface area contributed by atoms with E-state index in [9.17, 15) is 4.79 Å². The van der Waals surface area contributed by atoms with Crippen LogP contribution in [-0.4, -0.2) is 33.1 Å². The van der Waals surface area contributed by atoms with Crippen molar-refractivity contribution in [3.63, 3.8) is 0 Å². The Hall–Kier alpha value is -2.54. The third-order valence-corrected chi connectivity index (χ3v) is 2.29. The zero-order valence-corrected chi connectivity index (χ0v) is 10.2. The van der Waals surface area contributed by atoms with Crippen LogP contribution >= 0.6 is 0 Å². The molecule has 0 bridgehead atoms. The van der Waals surface area contributed by atoms with Gasteiger partial charge in [-0.3, -0.25) is 0 Å². The van der Waals surface area contributed by atoms with E-state index in [0.29, 0.717) is 17.1 Å². The number of nitrogens with one attached hydrogen (secondary N) is 1. The molecule has 0 spiro atoms. The number of carboxylic acids is 1. The predicted octanol–water partition coefficient (Wildman–Crippen LogP) is 1.46. The monoisotopic (exact) mass is 260 g/mol. The molecule has 2 aromatic heterocycles. The molecule has 0 radical (unpaired) electrons. The second kappa shape index (κ2) is 5.87. The molecule has 2 heterocycles. The molecule has 2 rings (SSSR count). The minimum atomic E-state index is -1.11. The Morgan fingerprint density at radius 1 is 1.37 bits per heavy atom. The molecular formula is C12H12N4O3. The van der Waals surface area contributed by atoms with E-state index in [-0.39, 0.29) is 12.3 Å². The maximum absolute atomic E-state index is 11.2. The molecule has 0 aliphatic heterocycles. The van der Waals surface area contributed by atoms with Gasteiger partial charge in [0.25, 0.3) is 0 Å². The molecule has 0 aromatic carbocycles. The summed E-state index contributed by atoms with van der Waals surface area (Å²) in [6.45, 7) is 0.259. The third-order valence-electron chi connectivity index (χ3n) is 2.29. The number of rotatable bonds is 5. The maximum Gasteiger partial charge on any atom is 0.356 e. The average molecular weight is 260 g/mol. The lowest BCUT2D eigenvalue weighted by Gasteiger charge is -2.09. The van der Waals surface area contributed by atoms with Crippen molar-refractivity contribution in [2.75, 3.05) is 12.4 Å². The van der Waals surface area contributed by atoms with Crippen molar-refractivity contribution < 1.29 is 14.6 Å². The molecule has 7 heteroatoms. The van der Waals surface area contributed by atoms with E-state index in [1.54, 1.807) is 24.5 Å². The SMILES string of the molecule is COCc1ccc(Nc2cncnc2)c(C(=O)O)n1. The zero-order valence-electron chi connectivity index (χ0n) is 10.2. The Morgan fingerprint density at radius 2 is 2.11 bits per heavy atom. The Bertz CT molecular complexity index is 574. The smallest absolute Gasteiger partial charge is 0.356 e. The summed E-state index contributed by atoms with van der Waals surface area (Å²) >= 11 is 0. The van der Waals surface area contributed by atoms with E-state index in [2.05, 4.69) is 20.3 Å². The van der Waals surface area contributed by atoms with Gasteiger partial charge in [0.15, 0.2) is 5.69 Å². The lowest BCUT2D eigenvalue weighted by Crippen LogP contribution is -2.08. The standard InChI is InChI=1S/C12H12N4O3/c1-19-6-8-2-3-10(11(16-8)12(17)18)15-9-4-13-7-14-5-9/h2-5,7,15H,6H2,1H3,(H,17,18). The van der Waals surface area contributed by atoms with Crippen LogP contribution < -0.4 is 5.32 Å². The number of methoxy groups -OCH3 is 1. The Labute approximate surface area is 109 Å². The summed E-state index contributed by atoms with van der Waals surface area (Å²) < 4.78 is 4.92. The van der Waals surface area contributed by atoms with Gasteiger partial charge >= 0.3 is 5.97 Å². The van der Waals surface area contributed by atoms with Crippen LogP contribution in [0.1, 0.15) is 16.2 Å². The Balaban J connectivity index is 2.32. The van der Waals surface area contributed by atoms with E-state index in [1.165, 1.54) is 13.4 Å². The van der Waals surface area contributed by atoms with Crippen molar-refractivity contribution in [2.45, 2.75) is 6.61 Å². The molecule has 0 saturated heterocycles. The number of hydrogen-bond acceptors (Lipinski definition) is 6. The summed E-state index contributed by atoms with van der Waals surface area (Å²) in [5.74, 6) is -1.11. The first-order valence-electron chi connectivity index (χ1n) is 5.45. The fraction of sp³-hybridized carbons (Fsp3) is 0.167. The number of pyridine rings is 1. The van der Waals surface area contributed by atoms with Crippen molar-refractivity contribution in [3.05, 3.63) is 42.2 Å². The van der Waals surface area contributed by atoms with Crippen LogP contribution in [0.3, 0.4) is 0 Å². The largest absolute Gasteiger partial charge is 0.476 e. The van der Waals surface area contributed by atoms with Crippen LogP contribution in [-0.2, 0) is 11.3 Å². The van der Waals surface area contributed by atoms with Gasteiger partial charge in [0, 0.05) is 7.11 Å². The lowest BCUT2D eigenvalue weighted by molar-refractivity contribution is 0.0690. The predicted molar refractivity (Wildman–Crippen MR) is 67.2 cm³/mol. The summed E-state index contributed by atoms with van der Waals surface area (Å²) in [7, 11) is 1.52. The molecule has 0 amide bonds. The fourth-order valence-electron chi connectivity index (χ4n) is 1.51. The van der Waals surface area contributed by atoms with E-state index in [1.807, 2.05) is 0 Å². The van der Waals surface area contributed by atoms with Gasteiger partial charge in [0.2, 0.25) is 0 Å². The highest BCUT2D eigenvalue weighted by molar-refractivity contribution is 5.92. The molecular weight excluding hydrogens is 248 g/mol. The highest BCUT2D eigenvalue weighted by Gasteiger charge is 2.13. The van der Waals surface area contributed by atoms with Crippen molar-refractivity contribution in [1.29, 1.82) is 0 Å². The van der Waals surface area contributed by atoms with Gasteiger partial charge in [-0.15, -0.1) is 0 Å². The summed E-state index contributed by atoms with van der Waals surface area (Å²) in [6.07, 6.45) is 4.48. The maximum atomic E-state index is 11.2. The van der Waals surface area contributed by atoms with Crippen molar-refractivity contribution in [1.82, 2.24) is 15.0 Å². The molecule has 0 atom stereocenters. The van der Waals surface area contributed by atoms with Crippen molar-refractivity contribution in [3.8, 4) is 0 Å². The lowest BCUT2D eigenvalue weighted by atomic mass is 10.2. The molecule has 19 heavy (non-hydrogen) atoms. The van der Waals surface area contributed by atoms with Crippen molar-refractivity contribution in [2.24, 2.45) is 0 Å². The topological polar surface area (TPSA) is 97.2 Å². The number of carbonyl (C=O) groups is 1. The van der Waals surface area contributed by atoms with Gasteiger partial charge in [-0.1, -0.05) is 0 Å². The number of carboxylic acid groups (broad SMARTS) is 1. The van der Waals surface area contributed by atoms with Crippen LogP contribution in [0.15, 0.2) is 30.9 Å². The minimum absolute atomic E-state index is 0.0709. The third kappa shape index (κ3) is 3.23. The van der Waals surface area contributed by atoms with E-state index >= 15 is 0 Å². The molecule has 0 unspecified atom stereocenters. The molecule has 0 aliphatic rings. The van der Waals surface area contributed by atoms with Gasteiger partial charge in [0.05, 0.1) is 36.1 Å². The molecule has 7 nitrogen and oxygen atoms in total. The highest BCUT2D eigenvalue weighted by atomic mass is 16.5. The summed E-state index contributed by atoms with van der Waals surface area (Å²) in [5, 5.41) is 12.1. The Kier molecular flexibility index (Phi) is 3.99. The van der Waals surface area contributed by atoms with Gasteiger partial charge in [-0.05, 0) is 12.1 Å². The number of anilines is 2. The number of ether oxygens (including phenoxy) is 1. The number of aromatic carboxylic acids is 1. The summed E-state index contributed by atoms with van der Waals surface area (Å²) in [6, 6.07) is 3.33. The van der Waals surface area contributed by atoms with Crippen molar-refractivity contribution >= 4 is 17.3 Å². The summed E-state index contributed by atoms with van der Waals surface area (Å²) in [5.41, 5.74) is 1.45. The normalized spacial score (nSPS) is 10.2. The zero-order chi connectivity index (χ0) is 13.7. The fourth-order valence-corrected chi connectivity index (χ4v) is 1.51. The molecule has 0 aliphatic carbocycles. The summed E-state index contributed by atoms with van der Waals surface area (Å²) in [4.78, 5) is 22.9. The van der Waals surface area contributed by atoms with E-state index in [4.69, 9.17) is 9.84 Å². The second-order valence-corrected chi connectivity index (χ2v) is 3.69. The van der Waals surface area contributed by atoms with Crippen LogP contribution in [0.2, 0.25) is 0 Å². The number of hydrogen-bond donors (Lipinski definition) is 2. The average Bonchev–Trinajstić information content (AvgIpc) is 2.42. The van der Waals surface area contributed by atoms with Gasteiger partial charge in [-0.25, -0.2) is 19.7 Å². The second-order valence-electron chi connectivity index (χ2n) is 3.69. The molecule has 2 aromatic rings. The Morgan fingerprint density at radius 3 is 2.74 bits per heavy atom. The number of aromatic nitrogens is 3. The van der Waals surface area contributed by atoms with Gasteiger partial charge < -0.3 is 15.2 Å². The van der Waals surface area contributed by atoms with E-state index in [0.717, 1.165) is 0 Å². The van der Waals surface area contributed by atoms with Gasteiger partial charge in [-0.2, -0.15) is 0 Å². The molecule has 98 valence electrons. The highest BCUT2D eigenvalue weighted by Crippen LogP contribution is 2.19. The van der Waals surface area contributed by atoms with Crippen LogP contribution in [0.25, 0.3) is 0 Å². The molecule has 2 N–H and O–H groups in total. The van der Waals surface area contributed by atoms with Crippen LogP contribution in [0, 0.1) is 0 Å². The molecule has 0 saturated carbocycles. The van der Waals surface area contributed by atoms with Crippen LogP contribution in [0.5, 0.6) is 0 Å². The molecule has 0 fully saturated rings. The van der Waals surface area contributed by atoms with Crippen LogP contribution in [0.4, 0.5) is 11.4 Å². The first-order chi connectivity index (χ1) is 9.20. The van der Waals surface area contributed by atoms with E-state index < -0.39 is 5.97 Å². The first kappa shape index (κ1) is 12.9. The first-order valence-corrected chi connectivity index (χ1v) is 5.45.